The van der Waals surface area contributed by atoms with E-state index in [9.17, 15) is 14.0 Å². The zero-order valence-corrected chi connectivity index (χ0v) is 14.8. The molecule has 1 heterocycles. The third-order valence-electron chi connectivity index (χ3n) is 3.13. The quantitative estimate of drug-likeness (QED) is 0.602. The Bertz CT molecular complexity index is 797. The molecule has 2 aromatic rings. The number of benzene rings is 1. The number of hydrogen-bond acceptors (Lipinski definition) is 4. The number of anilines is 1. The van der Waals surface area contributed by atoms with Crippen LogP contribution >= 0.6 is 23.4 Å². The van der Waals surface area contributed by atoms with Crippen LogP contribution in [-0.4, -0.2) is 21.1 Å². The molecular weight excluding hydrogens is 353 g/mol. The molecule has 1 atom stereocenters. The molecule has 1 amide bonds. The second-order valence-corrected chi connectivity index (χ2v) is 6.90. The lowest BCUT2D eigenvalue weighted by atomic mass is 10.2. The highest BCUT2D eigenvalue weighted by molar-refractivity contribution is 8.00. The van der Waals surface area contributed by atoms with Crippen LogP contribution in [0.1, 0.15) is 26.0 Å². The average Bonchev–Trinajstić information content (AvgIpc) is 2.49. The number of thioether (sulfide) groups is 1. The van der Waals surface area contributed by atoms with Gasteiger partial charge in [0.15, 0.2) is 5.16 Å². The van der Waals surface area contributed by atoms with Crippen molar-refractivity contribution in [3.8, 4) is 0 Å². The van der Waals surface area contributed by atoms with E-state index in [1.807, 2.05) is 6.92 Å². The van der Waals surface area contributed by atoms with Crippen molar-refractivity contribution in [2.45, 2.75) is 37.1 Å². The zero-order valence-electron chi connectivity index (χ0n) is 13.2. The van der Waals surface area contributed by atoms with E-state index in [0.717, 1.165) is 24.2 Å². The molecule has 2 N–H and O–H groups in total. The second kappa shape index (κ2) is 8.30. The minimum Gasteiger partial charge on any atom is -0.324 e. The van der Waals surface area contributed by atoms with Crippen molar-refractivity contribution < 1.29 is 9.18 Å². The summed E-state index contributed by atoms with van der Waals surface area (Å²) in [7, 11) is 0. The first-order chi connectivity index (χ1) is 11.4. The van der Waals surface area contributed by atoms with Crippen molar-refractivity contribution in [1.29, 1.82) is 0 Å². The van der Waals surface area contributed by atoms with Crippen molar-refractivity contribution in [3.63, 3.8) is 0 Å². The van der Waals surface area contributed by atoms with Gasteiger partial charge in [0.05, 0.1) is 16.0 Å². The Balaban J connectivity index is 2.07. The lowest BCUT2D eigenvalue weighted by Gasteiger charge is -2.12. The fraction of sp³-hybridized carbons (Fsp3) is 0.312. The Morgan fingerprint density at radius 1 is 1.46 bits per heavy atom. The summed E-state index contributed by atoms with van der Waals surface area (Å²) in [5.74, 6) is -0.799. The fourth-order valence-electron chi connectivity index (χ4n) is 1.97. The molecule has 0 bridgehead atoms. The van der Waals surface area contributed by atoms with E-state index in [0.29, 0.717) is 23.0 Å². The third kappa shape index (κ3) is 5.07. The summed E-state index contributed by atoms with van der Waals surface area (Å²) in [6.07, 6.45) is 1.57. The number of nitrogens with one attached hydrogen (secondary N) is 2. The minimum absolute atomic E-state index is 0.122. The molecule has 0 fully saturated rings. The summed E-state index contributed by atoms with van der Waals surface area (Å²) >= 11 is 7.03. The van der Waals surface area contributed by atoms with Crippen molar-refractivity contribution in [1.82, 2.24) is 9.97 Å². The first-order valence-corrected chi connectivity index (χ1v) is 8.67. The van der Waals surface area contributed by atoms with E-state index >= 15 is 0 Å². The van der Waals surface area contributed by atoms with Gasteiger partial charge in [0.25, 0.3) is 5.56 Å². The number of carbonyl (C=O) groups is 1. The summed E-state index contributed by atoms with van der Waals surface area (Å²) < 4.78 is 13.0. The predicted octanol–water partition coefficient (Wildman–Crippen LogP) is 3.63. The maximum absolute atomic E-state index is 13.0. The number of nitrogens with zero attached hydrogens (tertiary/aromatic N) is 1. The van der Waals surface area contributed by atoms with Crippen LogP contribution in [0.4, 0.5) is 10.1 Å². The van der Waals surface area contributed by atoms with Gasteiger partial charge >= 0.3 is 0 Å². The Labute approximate surface area is 148 Å². The van der Waals surface area contributed by atoms with Crippen molar-refractivity contribution >= 4 is 35.0 Å². The van der Waals surface area contributed by atoms with Crippen LogP contribution in [0.25, 0.3) is 0 Å². The van der Waals surface area contributed by atoms with Gasteiger partial charge in [-0.3, -0.25) is 9.59 Å². The second-order valence-electron chi connectivity index (χ2n) is 5.17. The molecule has 8 heteroatoms. The van der Waals surface area contributed by atoms with Gasteiger partial charge in [-0.15, -0.1) is 0 Å². The summed E-state index contributed by atoms with van der Waals surface area (Å²) in [5, 5.41) is 2.62. The monoisotopic (exact) mass is 369 g/mol. The van der Waals surface area contributed by atoms with Gasteiger partial charge < -0.3 is 10.3 Å². The SMILES string of the molecule is CCCc1cc(=O)[nH]c(S[C@H](C)C(=O)Nc2ccc(F)cc2Cl)n1. The van der Waals surface area contributed by atoms with E-state index in [4.69, 9.17) is 11.6 Å². The number of amides is 1. The van der Waals surface area contributed by atoms with Crippen LogP contribution in [0.15, 0.2) is 34.2 Å². The molecule has 0 aliphatic carbocycles. The van der Waals surface area contributed by atoms with Gasteiger partial charge in [-0.25, -0.2) is 9.37 Å². The summed E-state index contributed by atoms with van der Waals surface area (Å²) in [6, 6.07) is 5.19. The highest BCUT2D eigenvalue weighted by Crippen LogP contribution is 2.25. The van der Waals surface area contributed by atoms with Crippen LogP contribution in [0.2, 0.25) is 5.02 Å². The van der Waals surface area contributed by atoms with E-state index in [2.05, 4.69) is 15.3 Å². The van der Waals surface area contributed by atoms with Crippen molar-refractivity contribution in [2.75, 3.05) is 5.32 Å². The van der Waals surface area contributed by atoms with Gasteiger partial charge in [-0.05, 0) is 31.5 Å². The molecule has 2 rings (SSSR count). The van der Waals surface area contributed by atoms with Crippen molar-refractivity contribution in [2.24, 2.45) is 0 Å². The summed E-state index contributed by atoms with van der Waals surface area (Å²) in [6.45, 7) is 3.68. The Kier molecular flexibility index (Phi) is 6.39. The lowest BCUT2D eigenvalue weighted by Crippen LogP contribution is -2.23. The van der Waals surface area contributed by atoms with Gasteiger partial charge in [-0.1, -0.05) is 36.7 Å². The molecule has 0 aliphatic heterocycles. The Morgan fingerprint density at radius 2 is 2.21 bits per heavy atom. The average molecular weight is 370 g/mol. The Hall–Kier alpha value is -1.86. The molecular formula is C16H17ClFN3O2S. The number of H-pyrrole nitrogens is 1. The normalized spacial score (nSPS) is 12.0. The molecule has 0 unspecified atom stereocenters. The van der Waals surface area contributed by atoms with Crippen LogP contribution in [0, 0.1) is 5.82 Å². The summed E-state index contributed by atoms with van der Waals surface area (Å²) in [4.78, 5) is 30.8. The van der Waals surface area contributed by atoms with E-state index < -0.39 is 11.1 Å². The minimum atomic E-state index is -0.522. The molecule has 5 nitrogen and oxygen atoms in total. The number of rotatable bonds is 6. The maximum Gasteiger partial charge on any atom is 0.251 e. The Morgan fingerprint density at radius 3 is 2.88 bits per heavy atom. The molecule has 0 radical (unpaired) electrons. The molecule has 0 spiro atoms. The molecule has 128 valence electrons. The number of aromatic amines is 1. The third-order valence-corrected chi connectivity index (χ3v) is 4.42. The van der Waals surface area contributed by atoms with Gasteiger partial charge in [0, 0.05) is 11.8 Å². The molecule has 0 aliphatic rings. The summed E-state index contributed by atoms with van der Waals surface area (Å²) in [5.41, 5.74) is 0.778. The van der Waals surface area contributed by atoms with E-state index in [-0.39, 0.29) is 16.5 Å². The lowest BCUT2D eigenvalue weighted by molar-refractivity contribution is -0.115. The van der Waals surface area contributed by atoms with Crippen molar-refractivity contribution in [3.05, 3.63) is 51.2 Å². The van der Waals surface area contributed by atoms with Gasteiger partial charge in [-0.2, -0.15) is 0 Å². The molecule has 0 saturated carbocycles. The molecule has 1 aromatic heterocycles. The van der Waals surface area contributed by atoms with Gasteiger partial charge in [0.1, 0.15) is 5.82 Å². The number of aromatic nitrogens is 2. The smallest absolute Gasteiger partial charge is 0.251 e. The maximum atomic E-state index is 13.0. The molecule has 24 heavy (non-hydrogen) atoms. The highest BCUT2D eigenvalue weighted by Gasteiger charge is 2.17. The van der Waals surface area contributed by atoms with Gasteiger partial charge in [0.2, 0.25) is 5.91 Å². The number of aryl methyl sites for hydroxylation is 1. The zero-order chi connectivity index (χ0) is 17.7. The largest absolute Gasteiger partial charge is 0.324 e. The number of halogens is 2. The van der Waals surface area contributed by atoms with Crippen LogP contribution < -0.4 is 10.9 Å². The van der Waals surface area contributed by atoms with Crippen LogP contribution in [-0.2, 0) is 11.2 Å². The van der Waals surface area contributed by atoms with E-state index in [1.54, 1.807) is 6.92 Å². The predicted molar refractivity (Wildman–Crippen MR) is 94.2 cm³/mol. The van der Waals surface area contributed by atoms with Crippen LogP contribution in [0.5, 0.6) is 0 Å². The number of hydrogen-bond donors (Lipinski definition) is 2. The fourth-order valence-corrected chi connectivity index (χ4v) is 3.01. The molecule has 0 saturated heterocycles. The first kappa shape index (κ1) is 18.5. The first-order valence-electron chi connectivity index (χ1n) is 7.42. The standard InChI is InChI=1S/C16H17ClFN3O2S/c1-3-4-11-8-14(22)21-16(19-11)24-9(2)15(23)20-13-6-5-10(18)7-12(13)17/h5-9H,3-4H2,1-2H3,(H,20,23)(H,19,21,22)/t9-/m1/s1. The highest BCUT2D eigenvalue weighted by atomic mass is 35.5. The van der Waals surface area contributed by atoms with Crippen LogP contribution in [0.3, 0.4) is 0 Å². The topological polar surface area (TPSA) is 74.8 Å². The molecule has 1 aromatic carbocycles. The van der Waals surface area contributed by atoms with E-state index in [1.165, 1.54) is 18.2 Å². The number of carbonyl (C=O) groups excluding carboxylic acids is 1.